The summed E-state index contributed by atoms with van der Waals surface area (Å²) in [7, 11) is 0. The lowest BCUT2D eigenvalue weighted by molar-refractivity contribution is -0.141. The molecule has 5 nitrogen and oxygen atoms in total. The first-order chi connectivity index (χ1) is 9.46. The van der Waals surface area contributed by atoms with Gasteiger partial charge < -0.3 is 19.7 Å². The van der Waals surface area contributed by atoms with Crippen LogP contribution in [0.2, 0.25) is 0 Å². The van der Waals surface area contributed by atoms with Crippen molar-refractivity contribution < 1.29 is 24.5 Å². The third-order valence-corrected chi connectivity index (χ3v) is 4.52. The summed E-state index contributed by atoms with van der Waals surface area (Å²) in [5, 5.41) is 19.8. The highest BCUT2D eigenvalue weighted by Crippen LogP contribution is 2.48. The maximum Gasteiger partial charge on any atom is 0.337 e. The van der Waals surface area contributed by atoms with Gasteiger partial charge in [-0.15, -0.1) is 0 Å². The van der Waals surface area contributed by atoms with E-state index in [1.165, 1.54) is 0 Å². The molecule has 2 heterocycles. The molecule has 3 aliphatic rings. The number of fused-ring (bicyclic) bond motifs is 3. The molecule has 20 heavy (non-hydrogen) atoms. The Labute approximate surface area is 117 Å². The van der Waals surface area contributed by atoms with E-state index < -0.39 is 24.8 Å². The number of epoxide rings is 1. The van der Waals surface area contributed by atoms with Gasteiger partial charge in [0, 0.05) is 5.57 Å². The van der Waals surface area contributed by atoms with Crippen LogP contribution in [0.15, 0.2) is 22.8 Å². The molecule has 4 atom stereocenters. The van der Waals surface area contributed by atoms with Crippen LogP contribution in [0.25, 0.3) is 0 Å². The molecule has 0 aromatic heterocycles. The molecule has 1 saturated heterocycles. The summed E-state index contributed by atoms with van der Waals surface area (Å²) in [5.74, 6) is -0.537. The zero-order valence-corrected chi connectivity index (χ0v) is 11.8. The highest BCUT2D eigenvalue weighted by Gasteiger charge is 2.60. The predicted octanol–water partition coefficient (Wildman–Crippen LogP) is 0.849. The average molecular weight is 280 g/mol. The van der Waals surface area contributed by atoms with Crippen molar-refractivity contribution in [2.24, 2.45) is 0 Å². The molecule has 1 aliphatic carbocycles. The van der Waals surface area contributed by atoms with Gasteiger partial charge in [-0.1, -0.05) is 11.6 Å². The number of aliphatic hydroxyl groups excluding tert-OH is 2. The van der Waals surface area contributed by atoms with Crippen LogP contribution in [0.3, 0.4) is 0 Å². The molecule has 110 valence electrons. The molecule has 0 amide bonds. The second-order valence-corrected chi connectivity index (χ2v) is 6.08. The Morgan fingerprint density at radius 3 is 2.95 bits per heavy atom. The summed E-state index contributed by atoms with van der Waals surface area (Å²) >= 11 is 0. The lowest BCUT2D eigenvalue weighted by atomic mass is 9.87. The van der Waals surface area contributed by atoms with Crippen LogP contribution in [0, 0.1) is 0 Å². The van der Waals surface area contributed by atoms with Gasteiger partial charge in [0.15, 0.2) is 6.10 Å². The van der Waals surface area contributed by atoms with Crippen LogP contribution in [0.5, 0.6) is 0 Å². The fourth-order valence-corrected chi connectivity index (χ4v) is 3.25. The van der Waals surface area contributed by atoms with E-state index in [2.05, 4.69) is 6.08 Å². The van der Waals surface area contributed by atoms with Gasteiger partial charge in [0.1, 0.15) is 6.10 Å². The number of esters is 1. The second kappa shape index (κ2) is 4.69. The quantitative estimate of drug-likeness (QED) is 0.423. The summed E-state index contributed by atoms with van der Waals surface area (Å²) in [6.45, 7) is 3.55. The molecule has 0 spiro atoms. The first-order valence-corrected chi connectivity index (χ1v) is 7.02. The minimum atomic E-state index is -0.809. The van der Waals surface area contributed by atoms with Crippen molar-refractivity contribution >= 4 is 5.97 Å². The van der Waals surface area contributed by atoms with Gasteiger partial charge in [-0.05, 0) is 33.1 Å². The van der Waals surface area contributed by atoms with Crippen molar-refractivity contribution in [3.05, 3.63) is 22.8 Å². The van der Waals surface area contributed by atoms with E-state index in [4.69, 9.17) is 9.47 Å². The van der Waals surface area contributed by atoms with Crippen molar-refractivity contribution in [1.29, 1.82) is 0 Å². The Balaban J connectivity index is 2.00. The van der Waals surface area contributed by atoms with Crippen molar-refractivity contribution in [2.45, 2.75) is 57.0 Å². The van der Waals surface area contributed by atoms with Crippen molar-refractivity contribution in [3.8, 4) is 0 Å². The summed E-state index contributed by atoms with van der Waals surface area (Å²) in [6.07, 6.45) is 2.72. The number of hydrogen-bond acceptors (Lipinski definition) is 5. The van der Waals surface area contributed by atoms with E-state index in [-0.39, 0.29) is 17.3 Å². The molecular weight excluding hydrogens is 260 g/mol. The van der Waals surface area contributed by atoms with Crippen molar-refractivity contribution in [3.63, 3.8) is 0 Å². The number of carbonyl (C=O) groups is 1. The molecule has 0 unspecified atom stereocenters. The molecule has 0 radical (unpaired) electrons. The van der Waals surface area contributed by atoms with E-state index in [0.717, 1.165) is 18.4 Å². The number of ether oxygens (including phenoxy) is 2. The third-order valence-electron chi connectivity index (χ3n) is 4.52. The van der Waals surface area contributed by atoms with E-state index >= 15 is 0 Å². The average Bonchev–Trinajstić information content (AvgIpc) is 2.92. The van der Waals surface area contributed by atoms with E-state index in [0.29, 0.717) is 12.0 Å². The summed E-state index contributed by atoms with van der Waals surface area (Å²) in [6, 6.07) is 0. The standard InChI is InChI=1S/C15H20O5/c1-8-4-3-5-15(2)13(20-15)12-11(10(17)6-8)9(7-16)14(18)19-12/h4,10,12-13,16-17H,3,5-7H2,1-2H3/t10-,12-,13-,15+/m0/s1. The lowest BCUT2D eigenvalue weighted by Crippen LogP contribution is -2.30. The molecule has 5 heteroatoms. The molecule has 1 fully saturated rings. The first kappa shape index (κ1) is 13.8. The Kier molecular flexibility index (Phi) is 3.23. The minimum Gasteiger partial charge on any atom is -0.451 e. The largest absolute Gasteiger partial charge is 0.451 e. The molecule has 0 saturated carbocycles. The molecular formula is C15H20O5. The minimum absolute atomic E-state index is 0.189. The topological polar surface area (TPSA) is 79.3 Å². The molecule has 2 aliphatic heterocycles. The van der Waals surface area contributed by atoms with E-state index in [1.807, 2.05) is 13.8 Å². The van der Waals surface area contributed by atoms with Crippen LogP contribution < -0.4 is 0 Å². The predicted molar refractivity (Wildman–Crippen MR) is 70.9 cm³/mol. The number of rotatable bonds is 1. The van der Waals surface area contributed by atoms with Gasteiger partial charge in [0.25, 0.3) is 0 Å². The number of aliphatic hydroxyl groups is 2. The number of carbonyl (C=O) groups excluding carboxylic acids is 1. The third kappa shape index (κ3) is 2.10. The van der Waals surface area contributed by atoms with Crippen LogP contribution >= 0.6 is 0 Å². The Bertz CT molecular complexity index is 506. The fourth-order valence-electron chi connectivity index (χ4n) is 3.25. The monoisotopic (exact) mass is 280 g/mol. The van der Waals surface area contributed by atoms with E-state index in [1.54, 1.807) is 0 Å². The molecule has 2 N–H and O–H groups in total. The molecule has 0 aromatic rings. The van der Waals surface area contributed by atoms with Crippen LogP contribution in [-0.4, -0.2) is 46.7 Å². The maximum atomic E-state index is 11.8. The van der Waals surface area contributed by atoms with E-state index in [9.17, 15) is 15.0 Å². The normalized spacial score (nSPS) is 40.7. The Morgan fingerprint density at radius 1 is 1.50 bits per heavy atom. The number of allylic oxidation sites excluding steroid dienone is 1. The zero-order valence-electron chi connectivity index (χ0n) is 11.8. The zero-order chi connectivity index (χ0) is 14.5. The van der Waals surface area contributed by atoms with Crippen LogP contribution in [-0.2, 0) is 14.3 Å². The SMILES string of the molecule is CC1=CCC[C@@]2(C)O[C@H]2[C@H]2OC(=O)C(CO)=C2[C@@H](O)C1. The highest BCUT2D eigenvalue weighted by atomic mass is 16.6. The molecule has 0 aromatic carbocycles. The molecule has 0 bridgehead atoms. The van der Waals surface area contributed by atoms with Gasteiger partial charge >= 0.3 is 5.97 Å². The van der Waals surface area contributed by atoms with Gasteiger partial charge in [-0.25, -0.2) is 4.79 Å². The summed E-state index contributed by atoms with van der Waals surface area (Å²) in [4.78, 5) is 11.8. The maximum absolute atomic E-state index is 11.8. The van der Waals surface area contributed by atoms with Crippen molar-refractivity contribution in [1.82, 2.24) is 0 Å². The lowest BCUT2D eigenvalue weighted by Gasteiger charge is -2.20. The Hall–Kier alpha value is -1.17. The second-order valence-electron chi connectivity index (χ2n) is 6.08. The summed E-state index contributed by atoms with van der Waals surface area (Å²) in [5.41, 5.74) is 1.45. The smallest absolute Gasteiger partial charge is 0.337 e. The van der Waals surface area contributed by atoms with Crippen LogP contribution in [0.1, 0.15) is 33.1 Å². The van der Waals surface area contributed by atoms with Crippen molar-refractivity contribution in [2.75, 3.05) is 6.61 Å². The fraction of sp³-hybridized carbons (Fsp3) is 0.667. The van der Waals surface area contributed by atoms with Gasteiger partial charge in [-0.2, -0.15) is 0 Å². The highest BCUT2D eigenvalue weighted by molar-refractivity contribution is 5.93. The van der Waals surface area contributed by atoms with Gasteiger partial charge in [0.2, 0.25) is 0 Å². The van der Waals surface area contributed by atoms with Gasteiger partial charge in [0.05, 0.1) is 23.9 Å². The van der Waals surface area contributed by atoms with Gasteiger partial charge in [-0.3, -0.25) is 0 Å². The molecule has 3 rings (SSSR count). The van der Waals surface area contributed by atoms with Crippen LogP contribution in [0.4, 0.5) is 0 Å². The Morgan fingerprint density at radius 2 is 2.25 bits per heavy atom. The first-order valence-electron chi connectivity index (χ1n) is 7.02. The summed E-state index contributed by atoms with van der Waals surface area (Å²) < 4.78 is 11.1. The number of hydrogen-bond donors (Lipinski definition) is 2.